The zero-order valence-electron chi connectivity index (χ0n) is 13.9. The highest BCUT2D eigenvalue weighted by Crippen LogP contribution is 2.18. The molecule has 0 aliphatic heterocycles. The molecule has 0 spiro atoms. The number of amides is 1. The normalized spacial score (nSPS) is 10.6. The number of fused-ring (bicyclic) bond motifs is 1. The number of benzene rings is 2. The smallest absolute Gasteiger partial charge is 0.225 e. The van der Waals surface area contributed by atoms with Gasteiger partial charge in [0, 0.05) is 20.3 Å². The van der Waals surface area contributed by atoms with Crippen molar-refractivity contribution < 1.29 is 4.79 Å². The number of hydrogen-bond donors (Lipinski definition) is 1. The zero-order valence-corrected chi connectivity index (χ0v) is 13.9. The molecular weight excluding hydrogens is 300 g/mol. The van der Waals surface area contributed by atoms with Crippen LogP contribution >= 0.6 is 0 Å². The van der Waals surface area contributed by atoms with Gasteiger partial charge in [0.1, 0.15) is 0 Å². The van der Waals surface area contributed by atoms with Gasteiger partial charge in [-0.1, -0.05) is 42.5 Å². The van der Waals surface area contributed by atoms with Crippen molar-refractivity contribution in [2.45, 2.75) is 13.0 Å². The Balaban J connectivity index is 1.66. The first-order chi connectivity index (χ1) is 11.6. The molecule has 0 fully saturated rings. The van der Waals surface area contributed by atoms with Crippen molar-refractivity contribution in [3.63, 3.8) is 0 Å². The van der Waals surface area contributed by atoms with Gasteiger partial charge in [0.05, 0.1) is 18.7 Å². The highest BCUT2D eigenvalue weighted by molar-refractivity contribution is 5.90. The molecule has 1 amide bonds. The minimum absolute atomic E-state index is 0.0173. The van der Waals surface area contributed by atoms with Crippen LogP contribution < -0.4 is 10.2 Å². The Bertz CT molecular complexity index is 855. The lowest BCUT2D eigenvalue weighted by Crippen LogP contribution is -2.25. The lowest BCUT2D eigenvalue weighted by atomic mass is 10.0. The van der Waals surface area contributed by atoms with E-state index >= 15 is 0 Å². The van der Waals surface area contributed by atoms with E-state index in [0.29, 0.717) is 18.9 Å². The number of aromatic nitrogens is 2. The van der Waals surface area contributed by atoms with E-state index in [1.54, 1.807) is 6.20 Å². The highest BCUT2D eigenvalue weighted by atomic mass is 16.1. The van der Waals surface area contributed by atoms with Gasteiger partial charge in [0.15, 0.2) is 0 Å². The van der Waals surface area contributed by atoms with Gasteiger partial charge >= 0.3 is 0 Å². The maximum atomic E-state index is 12.3. The van der Waals surface area contributed by atoms with Crippen molar-refractivity contribution in [3.05, 3.63) is 66.0 Å². The topological polar surface area (TPSA) is 58.1 Å². The van der Waals surface area contributed by atoms with Crippen molar-refractivity contribution in [2.75, 3.05) is 19.0 Å². The largest absolute Gasteiger partial charge is 0.350 e. The number of carbonyl (C=O) groups is 1. The molecule has 122 valence electrons. The molecule has 1 heterocycles. The lowest BCUT2D eigenvalue weighted by molar-refractivity contribution is -0.120. The fourth-order valence-electron chi connectivity index (χ4n) is 2.57. The van der Waals surface area contributed by atoms with E-state index < -0.39 is 0 Å². The van der Waals surface area contributed by atoms with E-state index in [0.717, 1.165) is 22.0 Å². The molecule has 0 radical (unpaired) electrons. The molecule has 0 bridgehead atoms. The van der Waals surface area contributed by atoms with Crippen molar-refractivity contribution in [3.8, 4) is 0 Å². The SMILES string of the molecule is CN(C)c1nccc(CNC(=O)Cc2cccc3ccccc23)n1. The fraction of sp³-hybridized carbons (Fsp3) is 0.211. The predicted molar refractivity (Wildman–Crippen MR) is 95.9 cm³/mol. The van der Waals surface area contributed by atoms with E-state index in [1.807, 2.05) is 55.4 Å². The predicted octanol–water partition coefficient (Wildman–Crippen LogP) is 2.55. The third kappa shape index (κ3) is 3.68. The Kier molecular flexibility index (Phi) is 4.70. The van der Waals surface area contributed by atoms with E-state index in [4.69, 9.17) is 0 Å². The first kappa shape index (κ1) is 15.9. The van der Waals surface area contributed by atoms with Gasteiger partial charge in [-0.05, 0) is 22.4 Å². The van der Waals surface area contributed by atoms with Crippen LogP contribution in [0.4, 0.5) is 5.95 Å². The van der Waals surface area contributed by atoms with Gasteiger partial charge in [-0.2, -0.15) is 0 Å². The summed E-state index contributed by atoms with van der Waals surface area (Å²) in [6, 6.07) is 15.9. The number of hydrogen-bond acceptors (Lipinski definition) is 4. The first-order valence-electron chi connectivity index (χ1n) is 7.86. The highest BCUT2D eigenvalue weighted by Gasteiger charge is 2.08. The van der Waals surface area contributed by atoms with Crippen LogP contribution in [0.25, 0.3) is 10.8 Å². The van der Waals surface area contributed by atoms with Crippen LogP contribution in [0.3, 0.4) is 0 Å². The summed E-state index contributed by atoms with van der Waals surface area (Å²) >= 11 is 0. The van der Waals surface area contributed by atoms with Crippen LogP contribution in [-0.4, -0.2) is 30.0 Å². The van der Waals surface area contributed by atoms with Gasteiger partial charge in [-0.15, -0.1) is 0 Å². The second kappa shape index (κ2) is 7.08. The van der Waals surface area contributed by atoms with E-state index in [2.05, 4.69) is 27.4 Å². The molecule has 2 aromatic carbocycles. The van der Waals surface area contributed by atoms with Gasteiger partial charge in [0.2, 0.25) is 11.9 Å². The van der Waals surface area contributed by atoms with Crippen molar-refractivity contribution in [1.82, 2.24) is 15.3 Å². The summed E-state index contributed by atoms with van der Waals surface area (Å²) in [5.74, 6) is 0.618. The summed E-state index contributed by atoms with van der Waals surface area (Å²) < 4.78 is 0. The third-order valence-corrected chi connectivity index (χ3v) is 3.80. The Morgan fingerprint density at radius 1 is 1.08 bits per heavy atom. The Morgan fingerprint density at radius 2 is 1.88 bits per heavy atom. The van der Waals surface area contributed by atoms with Crippen LogP contribution in [0.2, 0.25) is 0 Å². The summed E-state index contributed by atoms with van der Waals surface area (Å²) in [6.07, 6.45) is 2.06. The van der Waals surface area contributed by atoms with Gasteiger partial charge in [-0.25, -0.2) is 9.97 Å². The average Bonchev–Trinajstić information content (AvgIpc) is 2.60. The van der Waals surface area contributed by atoms with E-state index in [9.17, 15) is 4.79 Å². The molecule has 0 unspecified atom stereocenters. The molecule has 5 nitrogen and oxygen atoms in total. The number of anilines is 1. The number of carbonyl (C=O) groups excluding carboxylic acids is 1. The van der Waals surface area contributed by atoms with Gasteiger partial charge < -0.3 is 10.2 Å². The molecule has 0 atom stereocenters. The van der Waals surface area contributed by atoms with Crippen LogP contribution in [0, 0.1) is 0 Å². The summed E-state index contributed by atoms with van der Waals surface area (Å²) in [7, 11) is 3.77. The summed E-state index contributed by atoms with van der Waals surface area (Å²) in [5.41, 5.74) is 1.82. The third-order valence-electron chi connectivity index (χ3n) is 3.80. The maximum absolute atomic E-state index is 12.3. The lowest BCUT2D eigenvalue weighted by Gasteiger charge is -2.11. The number of rotatable bonds is 5. The Hall–Kier alpha value is -2.95. The average molecular weight is 320 g/mol. The van der Waals surface area contributed by atoms with Crippen molar-refractivity contribution in [2.24, 2.45) is 0 Å². The van der Waals surface area contributed by atoms with Gasteiger partial charge in [0.25, 0.3) is 0 Å². The summed E-state index contributed by atoms with van der Waals surface area (Å²) in [6.45, 7) is 0.396. The first-order valence-corrected chi connectivity index (χ1v) is 7.86. The molecule has 24 heavy (non-hydrogen) atoms. The summed E-state index contributed by atoms with van der Waals surface area (Å²) in [5, 5.41) is 5.20. The quantitative estimate of drug-likeness (QED) is 0.785. The molecule has 5 heteroatoms. The minimum Gasteiger partial charge on any atom is -0.350 e. The second-order valence-electron chi connectivity index (χ2n) is 5.83. The molecule has 0 saturated heterocycles. The molecule has 0 aliphatic rings. The zero-order chi connectivity index (χ0) is 16.9. The number of nitrogens with one attached hydrogen (secondary N) is 1. The van der Waals surface area contributed by atoms with E-state index in [-0.39, 0.29) is 5.91 Å². The van der Waals surface area contributed by atoms with Crippen molar-refractivity contribution in [1.29, 1.82) is 0 Å². The second-order valence-corrected chi connectivity index (χ2v) is 5.83. The number of nitrogens with zero attached hydrogens (tertiary/aromatic N) is 3. The monoisotopic (exact) mass is 320 g/mol. The standard InChI is InChI=1S/C19H20N4O/c1-23(2)19-20-11-10-16(22-19)13-21-18(24)12-15-8-5-7-14-6-3-4-9-17(14)15/h3-11H,12-13H2,1-2H3,(H,21,24). The van der Waals surface area contributed by atoms with Crippen LogP contribution in [0.1, 0.15) is 11.3 Å². The van der Waals surface area contributed by atoms with Crippen LogP contribution in [0.15, 0.2) is 54.7 Å². The van der Waals surface area contributed by atoms with Crippen LogP contribution in [0.5, 0.6) is 0 Å². The molecule has 1 aromatic heterocycles. The molecule has 3 rings (SSSR count). The molecule has 3 aromatic rings. The molecule has 1 N–H and O–H groups in total. The van der Waals surface area contributed by atoms with Crippen LogP contribution in [-0.2, 0) is 17.8 Å². The van der Waals surface area contributed by atoms with Crippen molar-refractivity contribution >= 4 is 22.6 Å². The Morgan fingerprint density at radius 3 is 2.71 bits per heavy atom. The molecule has 0 aliphatic carbocycles. The fourth-order valence-corrected chi connectivity index (χ4v) is 2.57. The summed E-state index contributed by atoms with van der Waals surface area (Å²) in [4.78, 5) is 22.7. The molecular formula is C19H20N4O. The maximum Gasteiger partial charge on any atom is 0.225 e. The Labute approximate surface area is 141 Å². The minimum atomic E-state index is -0.0173. The van der Waals surface area contributed by atoms with Gasteiger partial charge in [-0.3, -0.25) is 4.79 Å². The molecule has 0 saturated carbocycles. The van der Waals surface area contributed by atoms with E-state index in [1.165, 1.54) is 0 Å².